The van der Waals surface area contributed by atoms with Crippen molar-refractivity contribution in [3.8, 4) is 0 Å². The van der Waals surface area contributed by atoms with Crippen LogP contribution in [-0.2, 0) is 19.0 Å². The first kappa shape index (κ1) is 13.3. The molecule has 0 aliphatic carbocycles. The third-order valence-electron chi connectivity index (χ3n) is 2.22. The van der Waals surface area contributed by atoms with Crippen LogP contribution in [0.2, 0.25) is 0 Å². The lowest BCUT2D eigenvalue weighted by Crippen LogP contribution is -2.15. The lowest BCUT2D eigenvalue weighted by atomic mass is 10.2. The topological polar surface area (TPSA) is 61.8 Å². The molecule has 0 radical (unpaired) electrons. The molecule has 5 nitrogen and oxygen atoms in total. The molecule has 1 aliphatic rings. The van der Waals surface area contributed by atoms with Gasteiger partial charge in [-0.15, -0.1) is 0 Å². The van der Waals surface area contributed by atoms with Gasteiger partial charge in [-0.05, 0) is 26.8 Å². The maximum atomic E-state index is 11.3. The van der Waals surface area contributed by atoms with Gasteiger partial charge in [-0.3, -0.25) is 0 Å². The molecule has 1 fully saturated rings. The molecule has 0 aromatic heterocycles. The smallest absolute Gasteiger partial charge is 0.463 e. The van der Waals surface area contributed by atoms with Crippen molar-refractivity contribution in [1.29, 1.82) is 0 Å². The predicted octanol–water partition coefficient (Wildman–Crippen LogP) is 1.98. The third kappa shape index (κ3) is 3.94. The molecule has 1 rings (SSSR count). The summed E-state index contributed by atoms with van der Waals surface area (Å²) in [6, 6.07) is 0. The van der Waals surface area contributed by atoms with Gasteiger partial charge in [0, 0.05) is 5.57 Å². The number of hydrogen-bond donors (Lipinski definition) is 0. The van der Waals surface area contributed by atoms with Crippen LogP contribution in [0.15, 0.2) is 23.8 Å². The van der Waals surface area contributed by atoms with Crippen LogP contribution < -0.4 is 0 Å². The van der Waals surface area contributed by atoms with Crippen LogP contribution in [0.25, 0.3) is 0 Å². The fourth-order valence-electron chi connectivity index (χ4n) is 1.27. The van der Waals surface area contributed by atoms with Crippen molar-refractivity contribution in [2.45, 2.75) is 33.0 Å². The summed E-state index contributed by atoms with van der Waals surface area (Å²) >= 11 is 0. The molecule has 0 bridgehead atoms. The van der Waals surface area contributed by atoms with E-state index in [0.717, 1.165) is 0 Å². The molecule has 0 N–H and O–H groups in total. The van der Waals surface area contributed by atoms with Gasteiger partial charge in [0.15, 0.2) is 6.10 Å². The Morgan fingerprint density at radius 3 is 2.71 bits per heavy atom. The highest BCUT2D eigenvalue weighted by molar-refractivity contribution is 5.88. The highest BCUT2D eigenvalue weighted by atomic mass is 16.8. The van der Waals surface area contributed by atoms with Gasteiger partial charge in [-0.2, -0.15) is 0 Å². The summed E-state index contributed by atoms with van der Waals surface area (Å²) in [5, 5.41) is 0. The maximum absolute atomic E-state index is 11.3. The Labute approximate surface area is 100 Å². The molecule has 0 unspecified atom stereocenters. The summed E-state index contributed by atoms with van der Waals surface area (Å²) in [4.78, 5) is 22.0. The molecule has 0 aromatic rings. The first-order chi connectivity index (χ1) is 8.04. The normalized spacial score (nSPS) is 24.6. The molecule has 2 atom stereocenters. The summed E-state index contributed by atoms with van der Waals surface area (Å²) in [6.07, 6.45) is 3.53. The number of hydrogen-bond acceptors (Lipinski definition) is 5. The standard InChI is InChI=1S/C12H16O5/c1-4-15-11(13)8(2)6-5-7-10-9(3)16-12(14)17-10/h5-7,9-10H,4H2,1-3H3/t9-,10-/m0/s1. The Kier molecular flexibility index (Phi) is 4.75. The Morgan fingerprint density at radius 2 is 2.18 bits per heavy atom. The second kappa shape index (κ2) is 6.08. The first-order valence-corrected chi connectivity index (χ1v) is 5.44. The number of carbonyl (C=O) groups is 2. The summed E-state index contributed by atoms with van der Waals surface area (Å²) < 4.78 is 14.5. The summed E-state index contributed by atoms with van der Waals surface area (Å²) in [7, 11) is 0. The highest BCUT2D eigenvalue weighted by Gasteiger charge is 2.30. The molecule has 17 heavy (non-hydrogen) atoms. The van der Waals surface area contributed by atoms with Crippen LogP contribution in [0, 0.1) is 0 Å². The molecule has 1 saturated heterocycles. The molecule has 1 aliphatic heterocycles. The average Bonchev–Trinajstić information content (AvgIpc) is 2.57. The zero-order valence-corrected chi connectivity index (χ0v) is 10.1. The molecule has 0 spiro atoms. The Hall–Kier alpha value is -1.78. The zero-order valence-electron chi connectivity index (χ0n) is 10.1. The molecule has 0 aromatic carbocycles. The molecule has 1 heterocycles. The van der Waals surface area contributed by atoms with Gasteiger partial charge < -0.3 is 14.2 Å². The van der Waals surface area contributed by atoms with Gasteiger partial charge >= 0.3 is 12.1 Å². The van der Waals surface area contributed by atoms with Gasteiger partial charge in [-0.1, -0.05) is 12.2 Å². The fourth-order valence-corrected chi connectivity index (χ4v) is 1.27. The van der Waals surface area contributed by atoms with E-state index in [1.165, 1.54) is 0 Å². The van der Waals surface area contributed by atoms with Crippen molar-refractivity contribution in [3.63, 3.8) is 0 Å². The van der Waals surface area contributed by atoms with Crippen LogP contribution in [0.5, 0.6) is 0 Å². The van der Waals surface area contributed by atoms with Crippen LogP contribution in [0.1, 0.15) is 20.8 Å². The molecule has 0 saturated carbocycles. The van der Waals surface area contributed by atoms with E-state index < -0.39 is 12.3 Å². The quantitative estimate of drug-likeness (QED) is 0.427. The van der Waals surface area contributed by atoms with Gasteiger partial charge in [0.25, 0.3) is 0 Å². The molecular formula is C12H16O5. The van der Waals surface area contributed by atoms with E-state index in [1.807, 2.05) is 0 Å². The number of allylic oxidation sites excluding steroid dienone is 2. The number of esters is 1. The average molecular weight is 240 g/mol. The van der Waals surface area contributed by atoms with Crippen LogP contribution >= 0.6 is 0 Å². The number of rotatable bonds is 4. The SMILES string of the molecule is CCOC(=O)C(C)=CC=C[C@@H]1OC(=O)O[C@H]1C. The van der Waals surface area contributed by atoms with Crippen LogP contribution in [0.4, 0.5) is 4.79 Å². The van der Waals surface area contributed by atoms with Gasteiger partial charge in [-0.25, -0.2) is 9.59 Å². The van der Waals surface area contributed by atoms with E-state index in [2.05, 4.69) is 0 Å². The second-order valence-electron chi connectivity index (χ2n) is 3.61. The van der Waals surface area contributed by atoms with Crippen molar-refractivity contribution in [1.82, 2.24) is 0 Å². The van der Waals surface area contributed by atoms with E-state index in [1.54, 1.807) is 39.0 Å². The van der Waals surface area contributed by atoms with Crippen molar-refractivity contribution in [2.75, 3.05) is 6.61 Å². The minimum Gasteiger partial charge on any atom is -0.463 e. The van der Waals surface area contributed by atoms with Gasteiger partial charge in [0.05, 0.1) is 6.61 Å². The first-order valence-electron chi connectivity index (χ1n) is 5.44. The van der Waals surface area contributed by atoms with Crippen molar-refractivity contribution in [3.05, 3.63) is 23.8 Å². The van der Waals surface area contributed by atoms with Gasteiger partial charge in [0.1, 0.15) is 6.10 Å². The predicted molar refractivity (Wildman–Crippen MR) is 60.3 cm³/mol. The number of ether oxygens (including phenoxy) is 3. The summed E-state index contributed by atoms with van der Waals surface area (Å²) in [5.41, 5.74) is 0.487. The van der Waals surface area contributed by atoms with E-state index in [4.69, 9.17) is 14.2 Å². The van der Waals surface area contributed by atoms with Gasteiger partial charge in [0.2, 0.25) is 0 Å². The van der Waals surface area contributed by atoms with Crippen molar-refractivity contribution < 1.29 is 23.8 Å². The second-order valence-corrected chi connectivity index (χ2v) is 3.61. The highest BCUT2D eigenvalue weighted by Crippen LogP contribution is 2.15. The van der Waals surface area contributed by atoms with E-state index in [0.29, 0.717) is 12.2 Å². The Bertz CT molecular complexity index is 356. The molecule has 0 amide bonds. The number of carbonyl (C=O) groups excluding carboxylic acids is 2. The number of cyclic esters (lactones) is 2. The lowest BCUT2D eigenvalue weighted by molar-refractivity contribution is -0.138. The molecule has 5 heteroatoms. The monoisotopic (exact) mass is 240 g/mol. The third-order valence-corrected chi connectivity index (χ3v) is 2.22. The lowest BCUT2D eigenvalue weighted by Gasteiger charge is -2.04. The minimum atomic E-state index is -0.668. The summed E-state index contributed by atoms with van der Waals surface area (Å²) in [6.45, 7) is 5.49. The zero-order chi connectivity index (χ0) is 12.8. The van der Waals surface area contributed by atoms with Crippen molar-refractivity contribution >= 4 is 12.1 Å². The maximum Gasteiger partial charge on any atom is 0.509 e. The fraction of sp³-hybridized carbons (Fsp3) is 0.500. The van der Waals surface area contributed by atoms with Crippen molar-refractivity contribution in [2.24, 2.45) is 0 Å². The molecule has 94 valence electrons. The summed E-state index contributed by atoms with van der Waals surface area (Å²) in [5.74, 6) is -0.357. The van der Waals surface area contributed by atoms with E-state index >= 15 is 0 Å². The molecular weight excluding hydrogens is 224 g/mol. The van der Waals surface area contributed by atoms with E-state index in [-0.39, 0.29) is 12.1 Å². The minimum absolute atomic E-state index is 0.310. The Balaban J connectivity index is 2.51. The Morgan fingerprint density at radius 1 is 1.47 bits per heavy atom. The van der Waals surface area contributed by atoms with E-state index in [9.17, 15) is 9.59 Å². The largest absolute Gasteiger partial charge is 0.509 e. The van der Waals surface area contributed by atoms with Crippen LogP contribution in [-0.4, -0.2) is 30.9 Å². The van der Waals surface area contributed by atoms with Crippen LogP contribution in [0.3, 0.4) is 0 Å².